The summed E-state index contributed by atoms with van der Waals surface area (Å²) < 4.78 is 0. The molecule has 0 aliphatic carbocycles. The fourth-order valence-corrected chi connectivity index (χ4v) is 1.71. The fraction of sp³-hybridized carbons (Fsp3) is 0.417. The third-order valence-electron chi connectivity index (χ3n) is 2.37. The molecule has 0 saturated carbocycles. The minimum Gasteiger partial charge on any atom is -0.300 e. The molecule has 0 bridgehead atoms. The topological polar surface area (TPSA) is 17.1 Å². The number of halogens is 1. The normalized spacial score (nSPS) is 12.5. The molecule has 0 radical (unpaired) electrons. The smallest absolute Gasteiger partial charge is 0.130 e. The highest BCUT2D eigenvalue weighted by molar-refractivity contribution is 6.30. The molecule has 1 aromatic carbocycles. The molecule has 1 rings (SSSR count). The van der Waals surface area contributed by atoms with Crippen molar-refractivity contribution in [3.8, 4) is 0 Å². The molecule has 0 unspecified atom stereocenters. The average molecular weight is 211 g/mol. The van der Waals surface area contributed by atoms with Crippen molar-refractivity contribution in [1.82, 2.24) is 0 Å². The molecule has 0 heterocycles. The lowest BCUT2D eigenvalue weighted by Gasteiger charge is -2.13. The van der Waals surface area contributed by atoms with Crippen molar-refractivity contribution < 1.29 is 4.79 Å². The molecule has 0 aromatic heterocycles. The predicted octanol–water partition coefficient (Wildman–Crippen LogP) is 3.81. The molecule has 14 heavy (non-hydrogen) atoms. The van der Waals surface area contributed by atoms with Crippen molar-refractivity contribution in [3.05, 3.63) is 34.9 Å². The molecule has 0 N–H and O–H groups in total. The van der Waals surface area contributed by atoms with Gasteiger partial charge in [0.25, 0.3) is 0 Å². The van der Waals surface area contributed by atoms with Crippen LogP contribution in [0.4, 0.5) is 0 Å². The average Bonchev–Trinajstić information content (AvgIpc) is 2.15. The third kappa shape index (κ3) is 3.15. The number of hydrogen-bond donors (Lipinski definition) is 0. The van der Waals surface area contributed by atoms with Crippen LogP contribution < -0.4 is 0 Å². The second kappa shape index (κ2) is 5.16. The van der Waals surface area contributed by atoms with Gasteiger partial charge in [0.15, 0.2) is 0 Å². The molecule has 76 valence electrons. The van der Waals surface area contributed by atoms with E-state index in [1.54, 1.807) is 6.92 Å². The van der Waals surface area contributed by atoms with Gasteiger partial charge in [-0.1, -0.05) is 30.7 Å². The number of hydrogen-bond acceptors (Lipinski definition) is 1. The van der Waals surface area contributed by atoms with Gasteiger partial charge in [-0.2, -0.15) is 0 Å². The standard InChI is InChI=1S/C12H15ClO/c1-3-10(8-9(2)14)11-4-6-12(13)7-5-11/h4-7,10H,3,8H2,1-2H3/t10-/m0/s1. The fourth-order valence-electron chi connectivity index (χ4n) is 1.58. The van der Waals surface area contributed by atoms with E-state index in [1.165, 1.54) is 5.56 Å². The molecule has 1 atom stereocenters. The molecular weight excluding hydrogens is 196 g/mol. The zero-order chi connectivity index (χ0) is 10.6. The third-order valence-corrected chi connectivity index (χ3v) is 2.62. The first kappa shape index (κ1) is 11.3. The molecular formula is C12H15ClO. The van der Waals surface area contributed by atoms with Crippen LogP contribution in [0.15, 0.2) is 24.3 Å². The number of Topliss-reactive ketones (excluding diaryl/α,β-unsaturated/α-hetero) is 1. The van der Waals surface area contributed by atoms with E-state index < -0.39 is 0 Å². The molecule has 2 heteroatoms. The Balaban J connectivity index is 2.78. The maximum absolute atomic E-state index is 11.0. The maximum Gasteiger partial charge on any atom is 0.130 e. The highest BCUT2D eigenvalue weighted by Crippen LogP contribution is 2.24. The number of carbonyl (C=O) groups is 1. The first-order chi connectivity index (χ1) is 6.63. The number of benzene rings is 1. The van der Waals surface area contributed by atoms with Gasteiger partial charge >= 0.3 is 0 Å². The van der Waals surface area contributed by atoms with Crippen LogP contribution in [0, 0.1) is 0 Å². The Morgan fingerprint density at radius 3 is 2.36 bits per heavy atom. The van der Waals surface area contributed by atoms with Crippen molar-refractivity contribution in [2.45, 2.75) is 32.6 Å². The van der Waals surface area contributed by atoms with E-state index in [4.69, 9.17) is 11.6 Å². The van der Waals surface area contributed by atoms with Crippen molar-refractivity contribution in [2.24, 2.45) is 0 Å². The minimum absolute atomic E-state index is 0.242. The van der Waals surface area contributed by atoms with Crippen LogP contribution >= 0.6 is 11.6 Å². The van der Waals surface area contributed by atoms with Crippen molar-refractivity contribution in [1.29, 1.82) is 0 Å². The summed E-state index contributed by atoms with van der Waals surface area (Å²) in [5.41, 5.74) is 1.20. The lowest BCUT2D eigenvalue weighted by molar-refractivity contribution is -0.117. The van der Waals surface area contributed by atoms with Crippen molar-refractivity contribution >= 4 is 17.4 Å². The second-order valence-corrected chi connectivity index (χ2v) is 4.00. The number of rotatable bonds is 4. The Bertz CT molecular complexity index is 303. The lowest BCUT2D eigenvalue weighted by atomic mass is 9.92. The van der Waals surface area contributed by atoms with E-state index in [2.05, 4.69) is 6.92 Å². The quantitative estimate of drug-likeness (QED) is 0.739. The molecule has 0 fully saturated rings. The SMILES string of the molecule is CC[C@@H](CC(C)=O)c1ccc(Cl)cc1. The summed E-state index contributed by atoms with van der Waals surface area (Å²) in [6, 6.07) is 7.75. The second-order valence-electron chi connectivity index (χ2n) is 3.56. The Hall–Kier alpha value is -0.820. The molecule has 1 nitrogen and oxygen atoms in total. The van der Waals surface area contributed by atoms with E-state index in [1.807, 2.05) is 24.3 Å². The predicted molar refractivity (Wildman–Crippen MR) is 59.8 cm³/mol. The van der Waals surface area contributed by atoms with Crippen LogP contribution in [0.2, 0.25) is 5.02 Å². The zero-order valence-corrected chi connectivity index (χ0v) is 9.34. The first-order valence-corrected chi connectivity index (χ1v) is 5.26. The van der Waals surface area contributed by atoms with Gasteiger partial charge in [0, 0.05) is 11.4 Å². The first-order valence-electron chi connectivity index (χ1n) is 4.88. The zero-order valence-electron chi connectivity index (χ0n) is 8.59. The van der Waals surface area contributed by atoms with Crippen molar-refractivity contribution in [3.63, 3.8) is 0 Å². The summed E-state index contributed by atoms with van der Waals surface area (Å²) in [6.45, 7) is 3.74. The van der Waals surface area contributed by atoms with Crippen LogP contribution in [0.1, 0.15) is 38.2 Å². The van der Waals surface area contributed by atoms with Crippen LogP contribution in [0.5, 0.6) is 0 Å². The van der Waals surface area contributed by atoms with Gasteiger partial charge in [0.2, 0.25) is 0 Å². The largest absolute Gasteiger partial charge is 0.300 e. The highest BCUT2D eigenvalue weighted by atomic mass is 35.5. The number of ketones is 1. The van der Waals surface area contributed by atoms with Gasteiger partial charge in [-0.15, -0.1) is 0 Å². The molecule has 0 aliphatic heterocycles. The summed E-state index contributed by atoms with van der Waals surface area (Å²) in [4.78, 5) is 11.0. The Morgan fingerprint density at radius 1 is 1.36 bits per heavy atom. The van der Waals surface area contributed by atoms with E-state index in [0.29, 0.717) is 12.3 Å². The number of carbonyl (C=O) groups excluding carboxylic acids is 1. The van der Waals surface area contributed by atoms with Gasteiger partial charge in [-0.3, -0.25) is 0 Å². The summed E-state index contributed by atoms with van der Waals surface area (Å²) in [5, 5.41) is 0.742. The van der Waals surface area contributed by atoms with Gasteiger partial charge in [0.05, 0.1) is 0 Å². The Kier molecular flexibility index (Phi) is 4.15. The molecule has 0 saturated heterocycles. The molecule has 1 aromatic rings. The van der Waals surface area contributed by atoms with Gasteiger partial charge in [-0.05, 0) is 37.0 Å². The monoisotopic (exact) mass is 210 g/mol. The molecule has 0 aliphatic rings. The maximum atomic E-state index is 11.0. The van der Waals surface area contributed by atoms with E-state index in [9.17, 15) is 4.79 Å². The van der Waals surface area contributed by atoms with E-state index in [0.717, 1.165) is 11.4 Å². The van der Waals surface area contributed by atoms with E-state index in [-0.39, 0.29) is 5.78 Å². The summed E-state index contributed by atoms with van der Waals surface area (Å²) in [7, 11) is 0. The molecule has 0 amide bonds. The Labute approximate surface area is 90.1 Å². The van der Waals surface area contributed by atoms with Gasteiger partial charge in [0.1, 0.15) is 5.78 Å². The van der Waals surface area contributed by atoms with Gasteiger partial charge in [-0.25, -0.2) is 0 Å². The highest BCUT2D eigenvalue weighted by Gasteiger charge is 2.11. The summed E-state index contributed by atoms with van der Waals surface area (Å²) >= 11 is 5.80. The van der Waals surface area contributed by atoms with Crippen LogP contribution in [0.25, 0.3) is 0 Å². The van der Waals surface area contributed by atoms with Crippen LogP contribution in [-0.4, -0.2) is 5.78 Å². The van der Waals surface area contributed by atoms with E-state index >= 15 is 0 Å². The summed E-state index contributed by atoms with van der Waals surface area (Å²) in [5.74, 6) is 0.580. The molecule has 0 spiro atoms. The van der Waals surface area contributed by atoms with Crippen molar-refractivity contribution in [2.75, 3.05) is 0 Å². The lowest BCUT2D eigenvalue weighted by Crippen LogP contribution is -2.02. The summed E-state index contributed by atoms with van der Waals surface area (Å²) in [6.07, 6.45) is 1.61. The minimum atomic E-state index is 0.242. The Morgan fingerprint density at radius 2 is 1.93 bits per heavy atom. The van der Waals surface area contributed by atoms with Gasteiger partial charge < -0.3 is 4.79 Å². The van der Waals surface area contributed by atoms with Crippen LogP contribution in [0.3, 0.4) is 0 Å². The van der Waals surface area contributed by atoms with Crippen LogP contribution in [-0.2, 0) is 4.79 Å².